The van der Waals surface area contributed by atoms with Gasteiger partial charge in [-0.2, -0.15) is 0 Å². The number of aliphatic hydroxyl groups is 1. The number of hydrogen-bond donors (Lipinski definition) is 1. The number of nitrogens with zero attached hydrogens (tertiary/aromatic N) is 1. The third-order valence-corrected chi connectivity index (χ3v) is 2.74. The van der Waals surface area contributed by atoms with Crippen molar-refractivity contribution in [3.05, 3.63) is 0 Å². The van der Waals surface area contributed by atoms with Crippen molar-refractivity contribution in [2.45, 2.75) is 58.3 Å². The zero-order valence-corrected chi connectivity index (χ0v) is 14.1. The van der Waals surface area contributed by atoms with Crippen LogP contribution in [0, 0.1) is 0 Å². The minimum Gasteiger partial charge on any atom is -0.462 e. The molecule has 0 radical (unpaired) electrons. The summed E-state index contributed by atoms with van der Waals surface area (Å²) in [4.78, 5) is 23.3. The van der Waals surface area contributed by atoms with E-state index in [9.17, 15) is 14.7 Å². The fourth-order valence-electron chi connectivity index (χ4n) is 2.01. The molecule has 0 aliphatic rings. The topological polar surface area (TPSA) is 72.8 Å². The second-order valence-corrected chi connectivity index (χ2v) is 6.53. The molecule has 0 aliphatic carbocycles. The van der Waals surface area contributed by atoms with E-state index < -0.39 is 18.2 Å². The summed E-state index contributed by atoms with van der Waals surface area (Å²) in [6.07, 6.45) is -0.673. The van der Waals surface area contributed by atoms with Gasteiger partial charge in [-0.15, -0.1) is 0 Å². The van der Waals surface area contributed by atoms with Crippen molar-refractivity contribution in [3.63, 3.8) is 0 Å². The van der Waals surface area contributed by atoms with E-state index in [1.807, 2.05) is 21.1 Å². The normalized spacial score (nSPS) is 16.0. The van der Waals surface area contributed by atoms with Crippen LogP contribution in [0.1, 0.15) is 40.0 Å². The molecule has 0 rings (SSSR count). The Hall–Kier alpha value is -1.14. The third kappa shape index (κ3) is 11.2. The summed E-state index contributed by atoms with van der Waals surface area (Å²) in [7, 11) is 5.90. The van der Waals surface area contributed by atoms with Crippen molar-refractivity contribution in [2.75, 3.05) is 27.7 Å². The monoisotopic (exact) mass is 304 g/mol. The van der Waals surface area contributed by atoms with E-state index in [4.69, 9.17) is 9.47 Å². The summed E-state index contributed by atoms with van der Waals surface area (Å²) < 4.78 is 11.1. The average molecular weight is 304 g/mol. The number of rotatable bonds is 9. The van der Waals surface area contributed by atoms with Crippen LogP contribution in [0.15, 0.2) is 0 Å². The Morgan fingerprint density at radius 2 is 1.67 bits per heavy atom. The molecule has 0 saturated heterocycles. The van der Waals surface area contributed by atoms with Crippen LogP contribution in [0.5, 0.6) is 0 Å². The Labute approximate surface area is 127 Å². The molecule has 0 heterocycles. The molecule has 2 unspecified atom stereocenters. The molecule has 1 N–H and O–H groups in total. The number of aliphatic hydroxyl groups excluding tert-OH is 1. The lowest BCUT2D eigenvalue weighted by Crippen LogP contribution is -2.44. The molecule has 0 aliphatic heterocycles. The zero-order valence-electron chi connectivity index (χ0n) is 14.1. The Bertz CT molecular complexity index is 335. The second kappa shape index (κ2) is 9.00. The Balaban J connectivity index is 4.50. The van der Waals surface area contributed by atoms with Crippen LogP contribution < -0.4 is 0 Å². The highest BCUT2D eigenvalue weighted by Gasteiger charge is 2.26. The highest BCUT2D eigenvalue weighted by molar-refractivity contribution is 5.72. The molecule has 0 spiro atoms. The van der Waals surface area contributed by atoms with Gasteiger partial charge in [0.05, 0.1) is 33.7 Å². The molecule has 6 nitrogen and oxygen atoms in total. The molecule has 0 saturated carbocycles. The van der Waals surface area contributed by atoms with Gasteiger partial charge in [-0.3, -0.25) is 9.59 Å². The molecule has 0 aromatic heterocycles. The first-order chi connectivity index (χ1) is 9.53. The maximum Gasteiger partial charge on any atom is 0.310 e. The van der Waals surface area contributed by atoms with Gasteiger partial charge in [0.25, 0.3) is 0 Å². The summed E-state index contributed by atoms with van der Waals surface area (Å²) in [6.45, 7) is 5.63. The van der Waals surface area contributed by atoms with Crippen LogP contribution in [0.2, 0.25) is 0 Å². The van der Waals surface area contributed by atoms with Gasteiger partial charge in [0.15, 0.2) is 6.10 Å². The lowest BCUT2D eigenvalue weighted by atomic mass is 10.2. The Morgan fingerprint density at radius 3 is 2.10 bits per heavy atom. The van der Waals surface area contributed by atoms with Gasteiger partial charge < -0.3 is 19.1 Å². The van der Waals surface area contributed by atoms with Crippen molar-refractivity contribution in [1.82, 2.24) is 0 Å². The summed E-state index contributed by atoms with van der Waals surface area (Å²) >= 11 is 0. The molecule has 124 valence electrons. The minimum atomic E-state index is -0.521. The van der Waals surface area contributed by atoms with Gasteiger partial charge in [0, 0.05) is 12.8 Å². The van der Waals surface area contributed by atoms with Gasteiger partial charge in [-0.25, -0.2) is 0 Å². The van der Waals surface area contributed by atoms with Crippen LogP contribution in [0.25, 0.3) is 0 Å². The molecule has 3 atom stereocenters. The highest BCUT2D eigenvalue weighted by Crippen LogP contribution is 2.10. The predicted octanol–water partition coefficient (Wildman–Crippen LogP) is 1.11. The molecule has 0 aromatic carbocycles. The van der Waals surface area contributed by atoms with Crippen LogP contribution in [0.3, 0.4) is 0 Å². The summed E-state index contributed by atoms with van der Waals surface area (Å²) in [5, 5.41) is 9.26. The summed E-state index contributed by atoms with van der Waals surface area (Å²) in [5.41, 5.74) is 0. The quantitative estimate of drug-likeness (QED) is 0.510. The van der Waals surface area contributed by atoms with Gasteiger partial charge in [0.1, 0.15) is 12.6 Å². The maximum atomic E-state index is 11.9. The molecule has 6 heteroatoms. The minimum absolute atomic E-state index is 0.0331. The largest absolute Gasteiger partial charge is 0.462 e. The molecule has 0 bridgehead atoms. The number of esters is 2. The van der Waals surface area contributed by atoms with E-state index >= 15 is 0 Å². The predicted molar refractivity (Wildman–Crippen MR) is 79.5 cm³/mol. The van der Waals surface area contributed by atoms with Crippen LogP contribution in [-0.2, 0) is 19.1 Å². The van der Waals surface area contributed by atoms with Gasteiger partial charge in [0.2, 0.25) is 0 Å². The molecular formula is C15H30NO5+. The fourth-order valence-corrected chi connectivity index (χ4v) is 2.01. The maximum absolute atomic E-state index is 11.9. The summed E-state index contributed by atoms with van der Waals surface area (Å²) in [6, 6.07) is 0. The number of likely N-dealkylation sites (N-methyl/N-ethyl adjacent to an activating group) is 1. The fraction of sp³-hybridized carbons (Fsp3) is 0.867. The second-order valence-electron chi connectivity index (χ2n) is 6.53. The highest BCUT2D eigenvalue weighted by atomic mass is 16.6. The first-order valence-electron chi connectivity index (χ1n) is 7.41. The number of ether oxygens (including phenoxy) is 2. The average Bonchev–Trinajstić information content (AvgIpc) is 2.24. The molecule has 21 heavy (non-hydrogen) atoms. The van der Waals surface area contributed by atoms with E-state index in [1.165, 1.54) is 0 Å². The van der Waals surface area contributed by atoms with Gasteiger partial charge in [-0.05, 0) is 13.8 Å². The van der Waals surface area contributed by atoms with Crippen molar-refractivity contribution in [1.29, 1.82) is 0 Å². The third-order valence-electron chi connectivity index (χ3n) is 2.74. The van der Waals surface area contributed by atoms with E-state index in [0.29, 0.717) is 17.4 Å². The number of hydrogen-bond acceptors (Lipinski definition) is 5. The van der Waals surface area contributed by atoms with E-state index in [0.717, 1.165) is 0 Å². The van der Waals surface area contributed by atoms with Gasteiger partial charge in [-0.1, -0.05) is 6.92 Å². The number of quaternary nitrogens is 1. The molecular weight excluding hydrogens is 274 g/mol. The summed E-state index contributed by atoms with van der Waals surface area (Å²) in [5.74, 6) is -0.733. The first kappa shape index (κ1) is 19.9. The van der Waals surface area contributed by atoms with Crippen molar-refractivity contribution < 1.29 is 28.7 Å². The Kier molecular flexibility index (Phi) is 8.51. The van der Waals surface area contributed by atoms with Crippen molar-refractivity contribution >= 4 is 11.9 Å². The van der Waals surface area contributed by atoms with Gasteiger partial charge >= 0.3 is 11.9 Å². The van der Waals surface area contributed by atoms with Crippen molar-refractivity contribution in [3.8, 4) is 0 Å². The molecule has 0 amide bonds. The zero-order chi connectivity index (χ0) is 16.6. The molecule has 0 fully saturated rings. The van der Waals surface area contributed by atoms with Crippen LogP contribution in [0.4, 0.5) is 0 Å². The van der Waals surface area contributed by atoms with Crippen LogP contribution >= 0.6 is 0 Å². The van der Waals surface area contributed by atoms with Crippen LogP contribution in [-0.4, -0.2) is 67.5 Å². The standard InChI is InChI=1S/C15H30NO5/c1-7-14(18)21-13(10-16(4,5)6)9-15(19)20-12(3)8-11(2)17/h11-13,17H,7-10H2,1-6H3/q+1/t11?,12?,13-/m1/s1. The Morgan fingerprint density at radius 1 is 1.10 bits per heavy atom. The van der Waals surface area contributed by atoms with E-state index in [1.54, 1.807) is 20.8 Å². The van der Waals surface area contributed by atoms with E-state index in [2.05, 4.69) is 0 Å². The lowest BCUT2D eigenvalue weighted by Gasteiger charge is -2.28. The smallest absolute Gasteiger partial charge is 0.310 e. The molecule has 0 aromatic rings. The lowest BCUT2D eigenvalue weighted by molar-refractivity contribution is -0.873. The van der Waals surface area contributed by atoms with E-state index in [-0.39, 0.29) is 24.9 Å². The number of carbonyl (C=O) groups is 2. The SMILES string of the molecule is CCC(=O)O[C@H](CC(=O)OC(C)CC(C)O)C[N+](C)(C)C. The van der Waals surface area contributed by atoms with Crippen molar-refractivity contribution in [2.24, 2.45) is 0 Å². The number of carbonyl (C=O) groups excluding carboxylic acids is 2. The first-order valence-corrected chi connectivity index (χ1v) is 7.41.